The molecule has 5 rings (SSSR count). The van der Waals surface area contributed by atoms with Gasteiger partial charge in [0.05, 0.1) is 6.04 Å². The zero-order valence-corrected chi connectivity index (χ0v) is 11.6. The molecule has 1 heterocycles. The second kappa shape index (κ2) is 4.30. The van der Waals surface area contributed by atoms with Gasteiger partial charge in [-0.3, -0.25) is 0 Å². The van der Waals surface area contributed by atoms with Gasteiger partial charge in [-0.25, -0.2) is 0 Å². The molecule has 4 bridgehead atoms. The Bertz CT molecular complexity index is 440. The van der Waals surface area contributed by atoms with Crippen LogP contribution < -0.4 is 5.73 Å². The number of rotatable bonds is 3. The van der Waals surface area contributed by atoms with Crippen LogP contribution in [0.2, 0.25) is 0 Å². The first-order valence-corrected chi connectivity index (χ1v) is 7.77. The Kier molecular flexibility index (Phi) is 2.69. The summed E-state index contributed by atoms with van der Waals surface area (Å²) >= 11 is 0. The molecule has 0 amide bonds. The van der Waals surface area contributed by atoms with E-state index in [0.29, 0.717) is 5.89 Å². The van der Waals surface area contributed by atoms with Gasteiger partial charge >= 0.3 is 0 Å². The summed E-state index contributed by atoms with van der Waals surface area (Å²) in [6.45, 7) is 1.89. The highest BCUT2D eigenvalue weighted by atomic mass is 16.5. The van der Waals surface area contributed by atoms with E-state index in [0.717, 1.165) is 41.8 Å². The highest BCUT2D eigenvalue weighted by Crippen LogP contribution is 2.57. The van der Waals surface area contributed by atoms with E-state index in [1.54, 1.807) is 0 Å². The van der Waals surface area contributed by atoms with Crippen LogP contribution in [0.1, 0.15) is 56.8 Å². The van der Waals surface area contributed by atoms with Crippen molar-refractivity contribution in [2.75, 3.05) is 0 Å². The zero-order valence-electron chi connectivity index (χ0n) is 11.6. The summed E-state index contributed by atoms with van der Waals surface area (Å²) in [7, 11) is 0. The fourth-order valence-corrected chi connectivity index (χ4v) is 5.12. The summed E-state index contributed by atoms with van der Waals surface area (Å²) in [4.78, 5) is 4.46. The van der Waals surface area contributed by atoms with Gasteiger partial charge in [0.25, 0.3) is 0 Å². The molecule has 4 fully saturated rings. The average molecular weight is 261 g/mol. The van der Waals surface area contributed by atoms with Crippen molar-refractivity contribution in [1.82, 2.24) is 10.1 Å². The number of hydrogen-bond acceptors (Lipinski definition) is 4. The van der Waals surface area contributed by atoms with E-state index in [4.69, 9.17) is 10.3 Å². The predicted molar refractivity (Wildman–Crippen MR) is 71.1 cm³/mol. The molecule has 4 heteroatoms. The van der Waals surface area contributed by atoms with Gasteiger partial charge in [0, 0.05) is 6.42 Å². The molecule has 1 aromatic rings. The third kappa shape index (κ3) is 2.00. The standard InChI is InChI=1S/C15H23N3O/c1-8(16)15-17-14(18-19-15)7-13-11-3-9-2-10(5-11)6-12(13)4-9/h8-13H,2-7,16H2,1H3. The molecule has 104 valence electrons. The minimum atomic E-state index is -0.153. The van der Waals surface area contributed by atoms with Crippen LogP contribution in [-0.4, -0.2) is 10.1 Å². The predicted octanol–water partition coefficient (Wildman–Crippen LogP) is 2.70. The first-order chi connectivity index (χ1) is 9.19. The van der Waals surface area contributed by atoms with E-state index in [-0.39, 0.29) is 6.04 Å². The normalized spacial score (nSPS) is 41.7. The van der Waals surface area contributed by atoms with Gasteiger partial charge in [0.1, 0.15) is 0 Å². The molecule has 4 saturated carbocycles. The lowest BCUT2D eigenvalue weighted by molar-refractivity contribution is -0.0368. The van der Waals surface area contributed by atoms with Crippen molar-refractivity contribution in [3.8, 4) is 0 Å². The zero-order chi connectivity index (χ0) is 13.0. The van der Waals surface area contributed by atoms with Crippen LogP contribution >= 0.6 is 0 Å². The van der Waals surface area contributed by atoms with Crippen molar-refractivity contribution < 1.29 is 4.52 Å². The van der Waals surface area contributed by atoms with E-state index in [1.807, 2.05) is 6.92 Å². The molecule has 0 radical (unpaired) electrons. The average Bonchev–Trinajstić information content (AvgIpc) is 2.81. The maximum Gasteiger partial charge on any atom is 0.243 e. The summed E-state index contributed by atoms with van der Waals surface area (Å²) in [6.07, 6.45) is 8.33. The summed E-state index contributed by atoms with van der Waals surface area (Å²) < 4.78 is 5.23. The van der Waals surface area contributed by atoms with E-state index in [9.17, 15) is 0 Å². The molecule has 1 aromatic heterocycles. The van der Waals surface area contributed by atoms with Gasteiger partial charge in [0.15, 0.2) is 5.82 Å². The maximum atomic E-state index is 5.78. The molecule has 1 atom stereocenters. The van der Waals surface area contributed by atoms with Gasteiger partial charge in [-0.2, -0.15) is 4.98 Å². The Morgan fingerprint density at radius 2 is 1.79 bits per heavy atom. The number of nitrogens with zero attached hydrogens (tertiary/aromatic N) is 2. The summed E-state index contributed by atoms with van der Waals surface area (Å²) in [5.74, 6) is 6.17. The third-order valence-corrected chi connectivity index (χ3v) is 5.71. The van der Waals surface area contributed by atoms with Gasteiger partial charge in [-0.15, -0.1) is 0 Å². The molecule has 0 saturated heterocycles. The Morgan fingerprint density at radius 1 is 1.16 bits per heavy atom. The molecule has 0 aromatic carbocycles. The van der Waals surface area contributed by atoms with E-state index >= 15 is 0 Å². The molecular weight excluding hydrogens is 238 g/mol. The van der Waals surface area contributed by atoms with Crippen molar-refractivity contribution in [1.29, 1.82) is 0 Å². The molecule has 2 N–H and O–H groups in total. The molecule has 0 aliphatic heterocycles. The quantitative estimate of drug-likeness (QED) is 0.908. The van der Waals surface area contributed by atoms with Crippen LogP contribution in [-0.2, 0) is 6.42 Å². The Labute approximate surface area is 114 Å². The summed E-state index contributed by atoms with van der Waals surface area (Å²) in [5.41, 5.74) is 5.78. The van der Waals surface area contributed by atoms with Crippen LogP contribution in [0.5, 0.6) is 0 Å². The fourth-order valence-electron chi connectivity index (χ4n) is 5.12. The number of nitrogens with two attached hydrogens (primary N) is 1. The lowest BCUT2D eigenvalue weighted by atomic mass is 9.51. The monoisotopic (exact) mass is 261 g/mol. The molecule has 4 aliphatic carbocycles. The van der Waals surface area contributed by atoms with Crippen molar-refractivity contribution in [3.63, 3.8) is 0 Å². The first kappa shape index (κ1) is 11.9. The molecule has 0 spiro atoms. The Balaban J connectivity index is 1.50. The lowest BCUT2D eigenvalue weighted by Gasteiger charge is -2.54. The molecule has 19 heavy (non-hydrogen) atoms. The van der Waals surface area contributed by atoms with Crippen LogP contribution in [0.25, 0.3) is 0 Å². The minimum Gasteiger partial charge on any atom is -0.338 e. The van der Waals surface area contributed by atoms with Crippen LogP contribution in [0.4, 0.5) is 0 Å². The van der Waals surface area contributed by atoms with Gasteiger partial charge in [-0.05, 0) is 68.6 Å². The van der Waals surface area contributed by atoms with Crippen molar-refractivity contribution in [3.05, 3.63) is 11.7 Å². The number of aromatic nitrogens is 2. The molecular formula is C15H23N3O. The maximum absolute atomic E-state index is 5.78. The smallest absolute Gasteiger partial charge is 0.243 e. The minimum absolute atomic E-state index is 0.153. The summed E-state index contributed by atoms with van der Waals surface area (Å²) in [6, 6.07) is -0.153. The third-order valence-electron chi connectivity index (χ3n) is 5.71. The van der Waals surface area contributed by atoms with Gasteiger partial charge in [-0.1, -0.05) is 5.16 Å². The second-order valence-electron chi connectivity index (χ2n) is 7.14. The first-order valence-electron chi connectivity index (χ1n) is 7.77. The molecule has 1 unspecified atom stereocenters. The van der Waals surface area contributed by atoms with E-state index < -0.39 is 0 Å². The molecule has 4 aliphatic rings. The highest BCUT2D eigenvalue weighted by molar-refractivity contribution is 5.02. The Morgan fingerprint density at radius 3 is 2.32 bits per heavy atom. The summed E-state index contributed by atoms with van der Waals surface area (Å²) in [5, 5.41) is 4.12. The van der Waals surface area contributed by atoms with Crippen molar-refractivity contribution in [2.24, 2.45) is 35.3 Å². The SMILES string of the molecule is CC(N)c1nc(CC2C3CC4CC(C3)CC2C4)no1. The second-order valence-corrected chi connectivity index (χ2v) is 7.14. The van der Waals surface area contributed by atoms with E-state index in [2.05, 4.69) is 10.1 Å². The van der Waals surface area contributed by atoms with Crippen LogP contribution in [0.15, 0.2) is 4.52 Å². The molecule has 4 nitrogen and oxygen atoms in total. The largest absolute Gasteiger partial charge is 0.338 e. The Hall–Kier alpha value is -0.900. The van der Waals surface area contributed by atoms with Crippen LogP contribution in [0, 0.1) is 29.6 Å². The van der Waals surface area contributed by atoms with Crippen LogP contribution in [0.3, 0.4) is 0 Å². The highest BCUT2D eigenvalue weighted by Gasteiger charge is 2.48. The van der Waals surface area contributed by atoms with Gasteiger partial charge in [0.2, 0.25) is 5.89 Å². The van der Waals surface area contributed by atoms with Crippen molar-refractivity contribution in [2.45, 2.75) is 51.5 Å². The van der Waals surface area contributed by atoms with Gasteiger partial charge < -0.3 is 10.3 Å². The lowest BCUT2D eigenvalue weighted by Crippen LogP contribution is -2.45. The number of hydrogen-bond donors (Lipinski definition) is 1. The topological polar surface area (TPSA) is 64.9 Å². The van der Waals surface area contributed by atoms with E-state index in [1.165, 1.54) is 32.1 Å². The van der Waals surface area contributed by atoms with Crippen molar-refractivity contribution >= 4 is 0 Å². The fraction of sp³-hybridized carbons (Fsp3) is 0.867.